The van der Waals surface area contributed by atoms with Crippen molar-refractivity contribution in [3.05, 3.63) is 18.3 Å². The lowest BCUT2D eigenvalue weighted by Gasteiger charge is -2.20. The molecule has 1 aromatic heterocycles. The van der Waals surface area contributed by atoms with Crippen LogP contribution in [-0.4, -0.2) is 44.1 Å². The van der Waals surface area contributed by atoms with Gasteiger partial charge < -0.3 is 15.5 Å². The average Bonchev–Trinajstić information content (AvgIpc) is 2.18. The molecule has 0 saturated heterocycles. The third-order valence-electron chi connectivity index (χ3n) is 2.31. The first-order chi connectivity index (χ1) is 7.09. The monoisotopic (exact) mass is 208 g/mol. The summed E-state index contributed by atoms with van der Waals surface area (Å²) >= 11 is 0. The third kappa shape index (κ3) is 4.16. The molecule has 0 aliphatic rings. The molecule has 0 atom stereocenters. The molecule has 0 spiro atoms. The zero-order valence-corrected chi connectivity index (χ0v) is 9.77. The number of anilines is 2. The van der Waals surface area contributed by atoms with Crippen molar-refractivity contribution in [3.63, 3.8) is 0 Å². The van der Waals surface area contributed by atoms with Gasteiger partial charge in [-0.1, -0.05) is 0 Å². The molecule has 15 heavy (non-hydrogen) atoms. The maximum absolute atomic E-state index is 5.53. The minimum absolute atomic E-state index is 0.570. The summed E-state index contributed by atoms with van der Waals surface area (Å²) in [7, 11) is 6.25. The minimum Gasteiger partial charge on any atom is -0.384 e. The lowest BCUT2D eigenvalue weighted by atomic mass is 10.3. The number of pyridine rings is 1. The van der Waals surface area contributed by atoms with Gasteiger partial charge in [-0.25, -0.2) is 4.98 Å². The van der Waals surface area contributed by atoms with Crippen molar-refractivity contribution >= 4 is 11.5 Å². The van der Waals surface area contributed by atoms with Crippen LogP contribution >= 0.6 is 0 Å². The van der Waals surface area contributed by atoms with E-state index in [0.29, 0.717) is 5.82 Å². The van der Waals surface area contributed by atoms with Crippen molar-refractivity contribution < 1.29 is 0 Å². The van der Waals surface area contributed by atoms with E-state index in [1.807, 2.05) is 18.3 Å². The van der Waals surface area contributed by atoms with E-state index in [4.69, 9.17) is 5.73 Å². The summed E-state index contributed by atoms with van der Waals surface area (Å²) in [5, 5.41) is 0. The van der Waals surface area contributed by atoms with E-state index in [-0.39, 0.29) is 0 Å². The topological polar surface area (TPSA) is 45.4 Å². The average molecular weight is 208 g/mol. The van der Waals surface area contributed by atoms with Crippen molar-refractivity contribution in [2.45, 2.75) is 6.42 Å². The highest BCUT2D eigenvalue weighted by Gasteiger charge is 2.00. The van der Waals surface area contributed by atoms with Gasteiger partial charge in [-0.2, -0.15) is 0 Å². The predicted octanol–water partition coefficient (Wildman–Crippen LogP) is 1.05. The molecule has 0 aliphatic heterocycles. The van der Waals surface area contributed by atoms with Crippen molar-refractivity contribution in [1.29, 1.82) is 0 Å². The van der Waals surface area contributed by atoms with Gasteiger partial charge in [-0.15, -0.1) is 0 Å². The second-order valence-electron chi connectivity index (χ2n) is 4.02. The number of rotatable bonds is 5. The van der Waals surface area contributed by atoms with Crippen LogP contribution in [-0.2, 0) is 0 Å². The van der Waals surface area contributed by atoms with Crippen molar-refractivity contribution in [1.82, 2.24) is 9.88 Å². The van der Waals surface area contributed by atoms with Crippen LogP contribution in [0.15, 0.2) is 18.3 Å². The maximum Gasteiger partial charge on any atom is 0.123 e. The normalized spacial score (nSPS) is 10.7. The number of hydrogen-bond donors (Lipinski definition) is 1. The SMILES string of the molecule is CN(C)CCCN(C)c1ccc(N)nc1. The Balaban J connectivity index is 2.40. The summed E-state index contributed by atoms with van der Waals surface area (Å²) in [5.74, 6) is 0.570. The molecule has 0 unspecified atom stereocenters. The van der Waals surface area contributed by atoms with Crippen LogP contribution in [0.25, 0.3) is 0 Å². The molecule has 1 heterocycles. The number of nitrogens with zero attached hydrogens (tertiary/aromatic N) is 3. The summed E-state index contributed by atoms with van der Waals surface area (Å²) in [5.41, 5.74) is 6.64. The summed E-state index contributed by atoms with van der Waals surface area (Å²) in [6.45, 7) is 2.14. The number of aromatic nitrogens is 1. The molecule has 0 radical (unpaired) electrons. The Morgan fingerprint density at radius 2 is 1.93 bits per heavy atom. The van der Waals surface area contributed by atoms with Gasteiger partial charge in [0.2, 0.25) is 0 Å². The van der Waals surface area contributed by atoms with Crippen LogP contribution in [0, 0.1) is 0 Å². The molecule has 0 fully saturated rings. The summed E-state index contributed by atoms with van der Waals surface area (Å²) < 4.78 is 0. The Morgan fingerprint density at radius 3 is 2.47 bits per heavy atom. The van der Waals surface area contributed by atoms with E-state index in [1.165, 1.54) is 0 Å². The molecule has 0 amide bonds. The predicted molar refractivity (Wildman–Crippen MR) is 65.1 cm³/mol. The van der Waals surface area contributed by atoms with Gasteiger partial charge in [0.1, 0.15) is 5.82 Å². The number of hydrogen-bond acceptors (Lipinski definition) is 4. The van der Waals surface area contributed by atoms with Crippen molar-refractivity contribution in [2.24, 2.45) is 0 Å². The molecule has 1 rings (SSSR count). The lowest BCUT2D eigenvalue weighted by molar-refractivity contribution is 0.401. The molecule has 0 aromatic carbocycles. The molecular weight excluding hydrogens is 188 g/mol. The van der Waals surface area contributed by atoms with Gasteiger partial charge in [0.05, 0.1) is 11.9 Å². The van der Waals surface area contributed by atoms with Crippen LogP contribution in [0.3, 0.4) is 0 Å². The highest BCUT2D eigenvalue weighted by Crippen LogP contribution is 2.11. The molecule has 2 N–H and O–H groups in total. The molecule has 4 nitrogen and oxygen atoms in total. The van der Waals surface area contributed by atoms with Gasteiger partial charge in [0, 0.05) is 13.6 Å². The van der Waals surface area contributed by atoms with Gasteiger partial charge in [0.15, 0.2) is 0 Å². The maximum atomic E-state index is 5.53. The highest BCUT2D eigenvalue weighted by atomic mass is 15.1. The molecule has 1 aromatic rings. The van der Waals surface area contributed by atoms with E-state index in [1.54, 1.807) is 0 Å². The van der Waals surface area contributed by atoms with Gasteiger partial charge in [-0.3, -0.25) is 0 Å². The fourth-order valence-electron chi connectivity index (χ4n) is 1.38. The van der Waals surface area contributed by atoms with Crippen LogP contribution in [0.1, 0.15) is 6.42 Å². The van der Waals surface area contributed by atoms with Crippen molar-refractivity contribution in [3.8, 4) is 0 Å². The largest absolute Gasteiger partial charge is 0.384 e. The number of nitrogen functional groups attached to an aromatic ring is 1. The van der Waals surface area contributed by atoms with E-state index >= 15 is 0 Å². The first kappa shape index (κ1) is 11.8. The summed E-state index contributed by atoms with van der Waals surface area (Å²) in [6, 6.07) is 3.83. The molecular formula is C11H20N4. The van der Waals surface area contributed by atoms with E-state index in [9.17, 15) is 0 Å². The molecule has 0 bridgehead atoms. The van der Waals surface area contributed by atoms with Gasteiger partial charge in [-0.05, 0) is 39.2 Å². The van der Waals surface area contributed by atoms with Crippen molar-refractivity contribution in [2.75, 3.05) is 44.9 Å². The summed E-state index contributed by atoms with van der Waals surface area (Å²) in [4.78, 5) is 8.45. The molecule has 0 aliphatic carbocycles. The Morgan fingerprint density at radius 1 is 1.20 bits per heavy atom. The second-order valence-corrected chi connectivity index (χ2v) is 4.02. The number of nitrogens with two attached hydrogens (primary N) is 1. The highest BCUT2D eigenvalue weighted by molar-refractivity contribution is 5.47. The van der Waals surface area contributed by atoms with Crippen LogP contribution in [0.2, 0.25) is 0 Å². The second kappa shape index (κ2) is 5.56. The van der Waals surface area contributed by atoms with Crippen LogP contribution in [0.4, 0.5) is 11.5 Å². The Hall–Kier alpha value is -1.29. The van der Waals surface area contributed by atoms with Crippen LogP contribution < -0.4 is 10.6 Å². The molecule has 0 saturated carbocycles. The molecule has 84 valence electrons. The van der Waals surface area contributed by atoms with E-state index in [0.717, 1.165) is 25.2 Å². The quantitative estimate of drug-likeness (QED) is 0.785. The van der Waals surface area contributed by atoms with E-state index in [2.05, 4.69) is 35.9 Å². The fourth-order valence-corrected chi connectivity index (χ4v) is 1.38. The van der Waals surface area contributed by atoms with Gasteiger partial charge in [0.25, 0.3) is 0 Å². The fraction of sp³-hybridized carbons (Fsp3) is 0.545. The smallest absolute Gasteiger partial charge is 0.123 e. The molecule has 4 heteroatoms. The first-order valence-electron chi connectivity index (χ1n) is 5.17. The Bertz CT molecular complexity index is 281. The van der Waals surface area contributed by atoms with E-state index < -0.39 is 0 Å². The first-order valence-corrected chi connectivity index (χ1v) is 5.17. The summed E-state index contributed by atoms with van der Waals surface area (Å²) in [6.07, 6.45) is 2.96. The van der Waals surface area contributed by atoms with Gasteiger partial charge >= 0.3 is 0 Å². The zero-order chi connectivity index (χ0) is 11.3. The zero-order valence-electron chi connectivity index (χ0n) is 9.77. The van der Waals surface area contributed by atoms with Crippen LogP contribution in [0.5, 0.6) is 0 Å². The lowest BCUT2D eigenvalue weighted by Crippen LogP contribution is -2.23. The minimum atomic E-state index is 0.570. The Labute approximate surface area is 91.7 Å². The third-order valence-corrected chi connectivity index (χ3v) is 2.31. The standard InChI is InChI=1S/C11H20N4/c1-14(2)7-4-8-15(3)10-5-6-11(12)13-9-10/h5-6,9H,4,7-8H2,1-3H3,(H2,12,13). The Kier molecular flexibility index (Phi) is 4.37.